The lowest BCUT2D eigenvalue weighted by Gasteiger charge is -2.10. The van der Waals surface area contributed by atoms with Crippen molar-refractivity contribution in [2.45, 2.75) is 26.3 Å². The normalized spacial score (nSPS) is 20.3. The summed E-state index contributed by atoms with van der Waals surface area (Å²) in [7, 11) is 1.59. The average molecular weight is 248 g/mol. The minimum absolute atomic E-state index is 0.0396. The van der Waals surface area contributed by atoms with Crippen molar-refractivity contribution in [2.24, 2.45) is 5.41 Å². The van der Waals surface area contributed by atoms with E-state index in [4.69, 9.17) is 4.74 Å². The molecule has 1 aliphatic rings. The van der Waals surface area contributed by atoms with Crippen LogP contribution < -0.4 is 15.4 Å². The van der Waals surface area contributed by atoms with Gasteiger partial charge in [-0.2, -0.15) is 0 Å². The fourth-order valence-corrected chi connectivity index (χ4v) is 1.97. The van der Waals surface area contributed by atoms with E-state index in [0.29, 0.717) is 29.4 Å². The van der Waals surface area contributed by atoms with Gasteiger partial charge < -0.3 is 15.4 Å². The number of hydrogen-bond donors (Lipinski definition) is 2. The monoisotopic (exact) mass is 248 g/mol. The predicted molar refractivity (Wildman–Crippen MR) is 71.8 cm³/mol. The minimum Gasteiger partial charge on any atom is -0.495 e. The van der Waals surface area contributed by atoms with E-state index in [1.807, 2.05) is 24.3 Å². The Bertz CT molecular complexity index is 443. The van der Waals surface area contributed by atoms with Gasteiger partial charge in [0.2, 0.25) is 5.91 Å². The Kier molecular flexibility index (Phi) is 3.57. The molecular weight excluding hydrogens is 228 g/mol. The van der Waals surface area contributed by atoms with Crippen molar-refractivity contribution >= 4 is 11.6 Å². The number of benzene rings is 1. The molecule has 1 unspecified atom stereocenters. The first kappa shape index (κ1) is 12.9. The maximum absolute atomic E-state index is 11.8. The number of nitrogens with one attached hydrogen (secondary N) is 2. The zero-order valence-electron chi connectivity index (χ0n) is 11.1. The summed E-state index contributed by atoms with van der Waals surface area (Å²) in [4.78, 5) is 11.8. The molecule has 98 valence electrons. The van der Waals surface area contributed by atoms with E-state index in [0.717, 1.165) is 6.42 Å². The molecule has 0 aliphatic heterocycles. The third-order valence-corrected chi connectivity index (χ3v) is 3.40. The Labute approximate surface area is 108 Å². The highest BCUT2D eigenvalue weighted by Gasteiger charge is 2.45. The molecular formula is C14H20N2O2. The van der Waals surface area contributed by atoms with Crippen molar-refractivity contribution in [1.82, 2.24) is 5.32 Å². The first-order chi connectivity index (χ1) is 8.53. The highest BCUT2D eigenvalue weighted by atomic mass is 16.5. The van der Waals surface area contributed by atoms with Crippen LogP contribution in [-0.4, -0.2) is 25.6 Å². The van der Waals surface area contributed by atoms with E-state index in [-0.39, 0.29) is 5.91 Å². The Morgan fingerprint density at radius 3 is 2.72 bits per heavy atom. The molecule has 0 saturated heterocycles. The predicted octanol–water partition coefficient (Wildman–Crippen LogP) is 2.02. The maximum Gasteiger partial charge on any atom is 0.238 e. The summed E-state index contributed by atoms with van der Waals surface area (Å²) in [5, 5.41) is 6.10. The molecule has 4 heteroatoms. The molecule has 4 nitrogen and oxygen atoms in total. The van der Waals surface area contributed by atoms with Gasteiger partial charge >= 0.3 is 0 Å². The number of anilines is 1. The standard InChI is InChI=1S/C14H20N2O2/c1-14(2)8-12(14)15-9-13(17)16-10-6-4-5-7-11(10)18-3/h4-7,12,15H,8-9H2,1-3H3,(H,16,17). The topological polar surface area (TPSA) is 50.4 Å². The summed E-state index contributed by atoms with van der Waals surface area (Å²) in [6.07, 6.45) is 1.13. The molecule has 0 heterocycles. The van der Waals surface area contributed by atoms with Crippen molar-refractivity contribution in [3.8, 4) is 5.75 Å². The SMILES string of the molecule is COc1ccccc1NC(=O)CNC1CC1(C)C. The number of hydrogen-bond acceptors (Lipinski definition) is 3. The number of amides is 1. The van der Waals surface area contributed by atoms with Gasteiger partial charge in [-0.1, -0.05) is 26.0 Å². The molecule has 0 radical (unpaired) electrons. The molecule has 0 bridgehead atoms. The van der Waals surface area contributed by atoms with E-state index >= 15 is 0 Å². The molecule has 1 atom stereocenters. The summed E-state index contributed by atoms with van der Waals surface area (Å²) < 4.78 is 5.18. The highest BCUT2D eigenvalue weighted by molar-refractivity contribution is 5.93. The van der Waals surface area contributed by atoms with E-state index < -0.39 is 0 Å². The van der Waals surface area contributed by atoms with Crippen LogP contribution in [0.15, 0.2) is 24.3 Å². The molecule has 0 aromatic heterocycles. The summed E-state index contributed by atoms with van der Waals surface area (Å²) in [5.74, 6) is 0.639. The second-order valence-corrected chi connectivity index (χ2v) is 5.37. The lowest BCUT2D eigenvalue weighted by molar-refractivity contribution is -0.115. The number of carbonyl (C=O) groups is 1. The van der Waals surface area contributed by atoms with Gasteiger partial charge in [0.25, 0.3) is 0 Å². The Balaban J connectivity index is 1.84. The van der Waals surface area contributed by atoms with Crippen molar-refractivity contribution in [3.05, 3.63) is 24.3 Å². The van der Waals surface area contributed by atoms with Gasteiger partial charge in [-0.25, -0.2) is 0 Å². The van der Waals surface area contributed by atoms with Crippen LogP contribution in [0.2, 0.25) is 0 Å². The van der Waals surface area contributed by atoms with Crippen LogP contribution in [0, 0.1) is 5.41 Å². The minimum atomic E-state index is -0.0396. The van der Waals surface area contributed by atoms with E-state index in [1.54, 1.807) is 7.11 Å². The fraction of sp³-hybridized carbons (Fsp3) is 0.500. The zero-order valence-corrected chi connectivity index (χ0v) is 11.1. The first-order valence-electron chi connectivity index (χ1n) is 6.19. The van der Waals surface area contributed by atoms with Crippen LogP contribution in [-0.2, 0) is 4.79 Å². The molecule has 1 fully saturated rings. The molecule has 0 spiro atoms. The smallest absolute Gasteiger partial charge is 0.238 e. The van der Waals surface area contributed by atoms with Gasteiger partial charge in [-0.05, 0) is 24.0 Å². The third-order valence-electron chi connectivity index (χ3n) is 3.40. The number of methoxy groups -OCH3 is 1. The number of carbonyl (C=O) groups excluding carboxylic acids is 1. The fourth-order valence-electron chi connectivity index (χ4n) is 1.97. The maximum atomic E-state index is 11.8. The van der Waals surface area contributed by atoms with Crippen molar-refractivity contribution in [3.63, 3.8) is 0 Å². The van der Waals surface area contributed by atoms with Crippen LogP contribution in [0.25, 0.3) is 0 Å². The van der Waals surface area contributed by atoms with Crippen LogP contribution >= 0.6 is 0 Å². The van der Waals surface area contributed by atoms with Gasteiger partial charge in [0.05, 0.1) is 19.3 Å². The summed E-state index contributed by atoms with van der Waals surface area (Å²) >= 11 is 0. The summed E-state index contributed by atoms with van der Waals surface area (Å²) in [6, 6.07) is 7.86. The number of ether oxygens (including phenoxy) is 1. The molecule has 2 N–H and O–H groups in total. The number of para-hydroxylation sites is 2. The van der Waals surface area contributed by atoms with Gasteiger partial charge in [0.15, 0.2) is 0 Å². The molecule has 2 rings (SSSR count). The van der Waals surface area contributed by atoms with Crippen molar-refractivity contribution in [1.29, 1.82) is 0 Å². The van der Waals surface area contributed by atoms with Gasteiger partial charge in [-0.3, -0.25) is 4.79 Å². The number of rotatable bonds is 5. The van der Waals surface area contributed by atoms with Gasteiger partial charge in [-0.15, -0.1) is 0 Å². The van der Waals surface area contributed by atoms with Crippen LogP contribution in [0.5, 0.6) is 5.75 Å². The largest absolute Gasteiger partial charge is 0.495 e. The lowest BCUT2D eigenvalue weighted by atomic mass is 10.2. The van der Waals surface area contributed by atoms with Crippen molar-refractivity contribution < 1.29 is 9.53 Å². The quantitative estimate of drug-likeness (QED) is 0.838. The highest BCUT2D eigenvalue weighted by Crippen LogP contribution is 2.44. The summed E-state index contributed by atoms with van der Waals surface area (Å²) in [5.41, 5.74) is 1.05. The first-order valence-corrected chi connectivity index (χ1v) is 6.19. The van der Waals surface area contributed by atoms with E-state index in [1.165, 1.54) is 0 Å². The van der Waals surface area contributed by atoms with Crippen LogP contribution in [0.4, 0.5) is 5.69 Å². The molecule has 1 aromatic rings. The molecule has 18 heavy (non-hydrogen) atoms. The van der Waals surface area contributed by atoms with Crippen LogP contribution in [0.1, 0.15) is 20.3 Å². The lowest BCUT2D eigenvalue weighted by Crippen LogP contribution is -2.31. The second-order valence-electron chi connectivity index (χ2n) is 5.37. The molecule has 1 amide bonds. The molecule has 1 saturated carbocycles. The molecule has 1 aliphatic carbocycles. The molecule has 1 aromatic carbocycles. The third kappa shape index (κ3) is 3.01. The zero-order chi connectivity index (χ0) is 13.2. The van der Waals surface area contributed by atoms with Gasteiger partial charge in [0, 0.05) is 6.04 Å². The van der Waals surface area contributed by atoms with Gasteiger partial charge in [0.1, 0.15) is 5.75 Å². The van der Waals surface area contributed by atoms with E-state index in [2.05, 4.69) is 24.5 Å². The Hall–Kier alpha value is -1.55. The van der Waals surface area contributed by atoms with Crippen molar-refractivity contribution in [2.75, 3.05) is 19.0 Å². The summed E-state index contributed by atoms with van der Waals surface area (Å²) in [6.45, 7) is 4.73. The van der Waals surface area contributed by atoms with Crippen LogP contribution in [0.3, 0.4) is 0 Å². The average Bonchev–Trinajstić information content (AvgIpc) is 2.95. The Morgan fingerprint density at radius 2 is 2.11 bits per heavy atom. The second kappa shape index (κ2) is 4.98. The van der Waals surface area contributed by atoms with E-state index in [9.17, 15) is 4.79 Å². The Morgan fingerprint density at radius 1 is 1.44 bits per heavy atom.